The molecule has 0 spiro atoms. The molecule has 0 amide bonds. The van der Waals surface area contributed by atoms with Crippen LogP contribution in [0.25, 0.3) is 0 Å². The summed E-state index contributed by atoms with van der Waals surface area (Å²) in [6.45, 7) is -0.0825. The van der Waals surface area contributed by atoms with E-state index in [-0.39, 0.29) is 12.4 Å². The molecule has 0 aromatic heterocycles. The van der Waals surface area contributed by atoms with Gasteiger partial charge >= 0.3 is 6.18 Å². The van der Waals surface area contributed by atoms with Crippen LogP contribution in [0.3, 0.4) is 0 Å². The van der Waals surface area contributed by atoms with Gasteiger partial charge in [0.15, 0.2) is 0 Å². The number of ether oxygens (including phenoxy) is 1. The molecule has 2 nitrogen and oxygen atoms in total. The van der Waals surface area contributed by atoms with Crippen LogP contribution in [0.4, 0.5) is 13.2 Å². The molecular formula is C11H10F3IO2. The smallest absolute Gasteiger partial charge is 0.416 e. The normalized spacial score (nSPS) is 13.9. The fourth-order valence-electron chi connectivity index (χ4n) is 1.08. The molecule has 0 aliphatic heterocycles. The van der Waals surface area contributed by atoms with Gasteiger partial charge in [0.2, 0.25) is 0 Å². The summed E-state index contributed by atoms with van der Waals surface area (Å²) in [5, 5.41) is 9.30. The van der Waals surface area contributed by atoms with Crippen molar-refractivity contribution in [1.29, 1.82) is 0 Å². The minimum absolute atomic E-state index is 0.0825. The minimum Gasteiger partial charge on any atom is -0.491 e. The highest BCUT2D eigenvalue weighted by Gasteiger charge is 2.30. The first-order valence-corrected chi connectivity index (χ1v) is 5.93. The van der Waals surface area contributed by atoms with Crippen LogP contribution in [-0.2, 0) is 6.18 Å². The van der Waals surface area contributed by atoms with Crippen molar-refractivity contribution in [3.8, 4) is 5.75 Å². The van der Waals surface area contributed by atoms with Gasteiger partial charge in [0.25, 0.3) is 0 Å². The van der Waals surface area contributed by atoms with Gasteiger partial charge in [-0.05, 0) is 28.4 Å². The lowest BCUT2D eigenvalue weighted by Gasteiger charge is -2.11. The van der Waals surface area contributed by atoms with Crippen LogP contribution in [0.15, 0.2) is 34.4 Å². The summed E-state index contributed by atoms with van der Waals surface area (Å²) in [6, 6.07) is 4.54. The van der Waals surface area contributed by atoms with E-state index in [1.807, 2.05) is 22.6 Å². The van der Waals surface area contributed by atoms with E-state index < -0.39 is 17.8 Å². The Labute approximate surface area is 110 Å². The Kier molecular flexibility index (Phi) is 5.26. The lowest BCUT2D eigenvalue weighted by molar-refractivity contribution is -0.137. The zero-order valence-corrected chi connectivity index (χ0v) is 10.8. The molecule has 0 aliphatic rings. The molecule has 1 aromatic carbocycles. The summed E-state index contributed by atoms with van der Waals surface area (Å²) in [6.07, 6.45) is -3.74. The number of hydrogen-bond donors (Lipinski definition) is 1. The molecule has 0 heterocycles. The summed E-state index contributed by atoms with van der Waals surface area (Å²) >= 11 is 1.93. The molecule has 0 bridgehead atoms. The Morgan fingerprint density at radius 2 is 2.12 bits per heavy atom. The summed E-state index contributed by atoms with van der Waals surface area (Å²) in [4.78, 5) is 0. The molecule has 1 N–H and O–H groups in total. The van der Waals surface area contributed by atoms with Crippen LogP contribution in [-0.4, -0.2) is 17.8 Å². The molecule has 0 aliphatic carbocycles. The average Bonchev–Trinajstić information content (AvgIpc) is 2.26. The molecular weight excluding hydrogens is 348 g/mol. The number of halogens is 4. The molecule has 1 unspecified atom stereocenters. The SMILES string of the molecule is OC(/C=C/I)COc1cccc(C(F)(F)F)c1. The lowest BCUT2D eigenvalue weighted by Crippen LogP contribution is -2.14. The van der Waals surface area contributed by atoms with Gasteiger partial charge in [0.1, 0.15) is 18.5 Å². The van der Waals surface area contributed by atoms with Gasteiger partial charge in [-0.25, -0.2) is 0 Å². The number of aliphatic hydroxyl groups is 1. The van der Waals surface area contributed by atoms with Gasteiger partial charge in [-0.3, -0.25) is 0 Å². The van der Waals surface area contributed by atoms with Crippen LogP contribution >= 0.6 is 22.6 Å². The summed E-state index contributed by atoms with van der Waals surface area (Å²) in [5.74, 6) is 0.0840. The van der Waals surface area contributed by atoms with E-state index in [2.05, 4.69) is 0 Å². The first-order chi connectivity index (χ1) is 7.93. The molecule has 0 saturated heterocycles. The predicted molar refractivity (Wildman–Crippen MR) is 66.1 cm³/mol. The third kappa shape index (κ3) is 4.95. The minimum atomic E-state index is -4.39. The van der Waals surface area contributed by atoms with E-state index in [0.29, 0.717) is 0 Å². The highest BCUT2D eigenvalue weighted by atomic mass is 127. The van der Waals surface area contributed by atoms with Crippen LogP contribution in [0, 0.1) is 0 Å². The number of aliphatic hydroxyl groups excluding tert-OH is 1. The van der Waals surface area contributed by atoms with Crippen molar-refractivity contribution >= 4 is 22.6 Å². The monoisotopic (exact) mass is 358 g/mol. The summed E-state index contributed by atoms with van der Waals surface area (Å²) < 4.78 is 43.8. The lowest BCUT2D eigenvalue weighted by atomic mass is 10.2. The van der Waals surface area contributed by atoms with Crippen LogP contribution in [0.5, 0.6) is 5.75 Å². The van der Waals surface area contributed by atoms with E-state index in [1.165, 1.54) is 18.2 Å². The third-order valence-corrected chi connectivity index (χ3v) is 2.29. The molecule has 0 saturated carbocycles. The maximum absolute atomic E-state index is 12.4. The molecule has 17 heavy (non-hydrogen) atoms. The highest BCUT2D eigenvalue weighted by Crippen LogP contribution is 2.31. The van der Waals surface area contributed by atoms with E-state index in [4.69, 9.17) is 4.74 Å². The van der Waals surface area contributed by atoms with E-state index in [0.717, 1.165) is 12.1 Å². The zero-order valence-electron chi connectivity index (χ0n) is 8.62. The van der Waals surface area contributed by atoms with E-state index in [1.54, 1.807) is 4.08 Å². The molecule has 0 radical (unpaired) electrons. The quantitative estimate of drug-likeness (QED) is 0.837. The van der Waals surface area contributed by atoms with Crippen molar-refractivity contribution in [3.05, 3.63) is 40.0 Å². The second-order valence-electron chi connectivity index (χ2n) is 3.22. The Bertz CT molecular complexity index is 391. The molecule has 0 fully saturated rings. The van der Waals surface area contributed by atoms with Gasteiger partial charge < -0.3 is 9.84 Å². The van der Waals surface area contributed by atoms with Gasteiger partial charge in [-0.15, -0.1) is 0 Å². The highest BCUT2D eigenvalue weighted by molar-refractivity contribution is 14.1. The standard InChI is InChI=1S/C11H10F3IO2/c12-11(13,14)8-2-1-3-10(6-8)17-7-9(16)4-5-15/h1-6,9,16H,7H2/b5-4+. The Hall–Kier alpha value is -0.760. The van der Waals surface area contributed by atoms with Gasteiger partial charge in [-0.1, -0.05) is 28.7 Å². The van der Waals surface area contributed by atoms with Crippen molar-refractivity contribution < 1.29 is 23.0 Å². The first kappa shape index (κ1) is 14.3. The maximum atomic E-state index is 12.4. The van der Waals surface area contributed by atoms with E-state index >= 15 is 0 Å². The van der Waals surface area contributed by atoms with Crippen molar-refractivity contribution in [2.75, 3.05) is 6.61 Å². The third-order valence-electron chi connectivity index (χ3n) is 1.88. The predicted octanol–water partition coefficient (Wildman–Crippen LogP) is 3.39. The Morgan fingerprint density at radius 1 is 1.41 bits per heavy atom. The number of rotatable bonds is 4. The van der Waals surface area contributed by atoms with Crippen molar-refractivity contribution in [1.82, 2.24) is 0 Å². The fraction of sp³-hybridized carbons (Fsp3) is 0.273. The number of hydrogen-bond acceptors (Lipinski definition) is 2. The second kappa shape index (κ2) is 6.25. The van der Waals surface area contributed by atoms with Crippen LogP contribution < -0.4 is 4.74 Å². The number of benzene rings is 1. The maximum Gasteiger partial charge on any atom is 0.416 e. The van der Waals surface area contributed by atoms with Crippen LogP contribution in [0.2, 0.25) is 0 Å². The summed E-state index contributed by atoms with van der Waals surface area (Å²) in [7, 11) is 0. The van der Waals surface area contributed by atoms with Gasteiger partial charge in [0, 0.05) is 0 Å². The molecule has 1 rings (SSSR count). The second-order valence-corrected chi connectivity index (χ2v) is 3.94. The largest absolute Gasteiger partial charge is 0.491 e. The zero-order chi connectivity index (χ0) is 12.9. The summed E-state index contributed by atoms with van der Waals surface area (Å²) in [5.41, 5.74) is -0.770. The molecule has 6 heteroatoms. The Balaban J connectivity index is 2.67. The molecule has 1 atom stereocenters. The number of alkyl halides is 3. The van der Waals surface area contributed by atoms with Gasteiger partial charge in [0.05, 0.1) is 5.56 Å². The van der Waals surface area contributed by atoms with Crippen molar-refractivity contribution in [2.45, 2.75) is 12.3 Å². The molecule has 1 aromatic rings. The Morgan fingerprint density at radius 3 is 2.71 bits per heavy atom. The van der Waals surface area contributed by atoms with Gasteiger partial charge in [-0.2, -0.15) is 13.2 Å². The van der Waals surface area contributed by atoms with Crippen LogP contribution in [0.1, 0.15) is 5.56 Å². The topological polar surface area (TPSA) is 29.5 Å². The first-order valence-electron chi connectivity index (χ1n) is 4.68. The fourth-order valence-corrected chi connectivity index (χ4v) is 1.56. The van der Waals surface area contributed by atoms with E-state index in [9.17, 15) is 18.3 Å². The average molecular weight is 358 g/mol. The molecule has 94 valence electrons. The van der Waals surface area contributed by atoms with Crippen molar-refractivity contribution in [2.24, 2.45) is 0 Å². The van der Waals surface area contributed by atoms with Crippen molar-refractivity contribution in [3.63, 3.8) is 0 Å².